The van der Waals surface area contributed by atoms with Gasteiger partial charge < -0.3 is 10.1 Å². The van der Waals surface area contributed by atoms with Gasteiger partial charge >= 0.3 is 11.8 Å². The van der Waals surface area contributed by atoms with Gasteiger partial charge in [-0.2, -0.15) is 5.10 Å². The maximum Gasteiger partial charge on any atom is 0.329 e. The lowest BCUT2D eigenvalue weighted by molar-refractivity contribution is -0.136. The second kappa shape index (κ2) is 11.6. The van der Waals surface area contributed by atoms with Crippen LogP contribution >= 0.6 is 27.5 Å². The summed E-state index contributed by atoms with van der Waals surface area (Å²) >= 11 is 9.40. The van der Waals surface area contributed by atoms with E-state index in [0.717, 1.165) is 12.0 Å². The third kappa shape index (κ3) is 6.63. The molecule has 3 aromatic rings. The lowest BCUT2D eigenvalue weighted by Crippen LogP contribution is -2.32. The molecule has 0 saturated heterocycles. The number of amides is 2. The maximum atomic E-state index is 13.9. The van der Waals surface area contributed by atoms with E-state index in [4.69, 9.17) is 16.3 Å². The van der Waals surface area contributed by atoms with E-state index in [1.807, 2.05) is 19.1 Å². The highest BCUT2D eigenvalue weighted by molar-refractivity contribution is 9.10. The second-order valence-electron chi connectivity index (χ2n) is 6.84. The van der Waals surface area contributed by atoms with Crippen LogP contribution in [0.5, 0.6) is 5.75 Å². The molecule has 9 heteroatoms. The van der Waals surface area contributed by atoms with E-state index in [1.165, 1.54) is 18.3 Å². The summed E-state index contributed by atoms with van der Waals surface area (Å²) in [5.41, 5.74) is 4.60. The third-order valence-electron chi connectivity index (χ3n) is 4.62. The molecule has 0 heterocycles. The molecule has 0 aromatic heterocycles. The number of para-hydroxylation sites is 1. The average Bonchev–Trinajstić information content (AvgIpc) is 2.80. The monoisotopic (exact) mass is 531 g/mol. The van der Waals surface area contributed by atoms with Crippen LogP contribution in [0.4, 0.5) is 10.1 Å². The first-order valence-electron chi connectivity index (χ1n) is 9.96. The van der Waals surface area contributed by atoms with Crippen LogP contribution in [0, 0.1) is 5.82 Å². The molecule has 0 spiro atoms. The normalized spacial score (nSPS) is 10.8. The summed E-state index contributed by atoms with van der Waals surface area (Å²) in [5.74, 6) is -1.67. The number of nitrogens with zero attached hydrogens (tertiary/aromatic N) is 1. The minimum Gasteiger partial charge on any atom is -0.488 e. The zero-order chi connectivity index (χ0) is 23.8. The maximum absolute atomic E-state index is 13.9. The predicted octanol–water partition coefficient (Wildman–Crippen LogP) is 5.47. The van der Waals surface area contributed by atoms with Crippen molar-refractivity contribution in [3.8, 4) is 5.75 Å². The Kier molecular flexibility index (Phi) is 8.57. The van der Waals surface area contributed by atoms with Crippen LogP contribution in [-0.4, -0.2) is 18.0 Å². The molecule has 3 aromatic carbocycles. The van der Waals surface area contributed by atoms with Gasteiger partial charge in [0.2, 0.25) is 0 Å². The van der Waals surface area contributed by atoms with E-state index in [9.17, 15) is 14.0 Å². The Balaban J connectivity index is 1.56. The highest BCUT2D eigenvalue weighted by Crippen LogP contribution is 2.28. The van der Waals surface area contributed by atoms with E-state index in [1.54, 1.807) is 36.4 Å². The Hall–Kier alpha value is -3.23. The van der Waals surface area contributed by atoms with Crippen LogP contribution in [0.25, 0.3) is 0 Å². The fourth-order valence-corrected chi connectivity index (χ4v) is 3.61. The molecule has 0 radical (unpaired) electrons. The largest absolute Gasteiger partial charge is 0.488 e. The summed E-state index contributed by atoms with van der Waals surface area (Å²) in [6, 6.07) is 16.7. The van der Waals surface area contributed by atoms with Crippen LogP contribution in [-0.2, 0) is 22.6 Å². The summed E-state index contributed by atoms with van der Waals surface area (Å²) in [6.07, 6.45) is 2.10. The first-order chi connectivity index (χ1) is 15.9. The van der Waals surface area contributed by atoms with Crippen molar-refractivity contribution in [3.05, 3.63) is 92.7 Å². The Morgan fingerprint density at radius 2 is 1.91 bits per heavy atom. The molecule has 3 rings (SSSR count). The van der Waals surface area contributed by atoms with Crippen LogP contribution in [0.15, 0.2) is 70.2 Å². The molecule has 170 valence electrons. The molecule has 2 N–H and O–H groups in total. The number of rotatable bonds is 7. The van der Waals surface area contributed by atoms with E-state index < -0.39 is 17.6 Å². The van der Waals surface area contributed by atoms with Gasteiger partial charge in [-0.1, -0.05) is 42.8 Å². The molecule has 33 heavy (non-hydrogen) atoms. The summed E-state index contributed by atoms with van der Waals surface area (Å²) in [4.78, 5) is 24.1. The van der Waals surface area contributed by atoms with Gasteiger partial charge in [0.25, 0.3) is 0 Å². The van der Waals surface area contributed by atoms with Crippen molar-refractivity contribution in [2.45, 2.75) is 20.0 Å². The third-order valence-corrected chi connectivity index (χ3v) is 5.60. The second-order valence-corrected chi connectivity index (χ2v) is 8.10. The SMILES string of the molecule is CCc1ccccc1NC(=O)C(=O)N/N=C\c1ccc(OCc2c(F)cccc2Cl)c(Br)c1. The predicted molar refractivity (Wildman–Crippen MR) is 130 cm³/mol. The van der Waals surface area contributed by atoms with E-state index in [-0.39, 0.29) is 17.2 Å². The molecule has 6 nitrogen and oxygen atoms in total. The molecule has 0 saturated carbocycles. The lowest BCUT2D eigenvalue weighted by atomic mass is 10.1. The Labute approximate surface area is 203 Å². The van der Waals surface area contributed by atoms with E-state index in [2.05, 4.69) is 31.8 Å². The van der Waals surface area contributed by atoms with Crippen LogP contribution in [0.2, 0.25) is 5.02 Å². The summed E-state index contributed by atoms with van der Waals surface area (Å²) in [6.45, 7) is 1.92. The molecule has 0 aliphatic heterocycles. The van der Waals surface area contributed by atoms with Gasteiger partial charge in [0.05, 0.1) is 15.7 Å². The number of nitrogens with one attached hydrogen (secondary N) is 2. The molecular formula is C24H20BrClFN3O3. The number of carbonyl (C=O) groups is 2. The number of hydrogen-bond donors (Lipinski definition) is 2. The van der Waals surface area contributed by atoms with Gasteiger partial charge in [-0.3, -0.25) is 9.59 Å². The first kappa shape index (κ1) is 24.4. The topological polar surface area (TPSA) is 79.8 Å². The molecule has 0 aliphatic rings. The highest BCUT2D eigenvalue weighted by Gasteiger charge is 2.14. The zero-order valence-electron chi connectivity index (χ0n) is 17.6. The molecule has 0 unspecified atom stereocenters. The summed E-state index contributed by atoms with van der Waals surface area (Å²) in [5, 5.41) is 6.68. The Bertz CT molecular complexity index is 1180. The molecule has 2 amide bonds. The number of hydrazone groups is 1. The van der Waals surface area contributed by atoms with E-state index >= 15 is 0 Å². The minimum atomic E-state index is -0.891. The number of carbonyl (C=O) groups excluding carboxylic acids is 2. The van der Waals surface area contributed by atoms with Crippen LogP contribution in [0.3, 0.4) is 0 Å². The first-order valence-corrected chi connectivity index (χ1v) is 11.1. The smallest absolute Gasteiger partial charge is 0.329 e. The summed E-state index contributed by atoms with van der Waals surface area (Å²) in [7, 11) is 0. The number of hydrogen-bond acceptors (Lipinski definition) is 4. The van der Waals surface area contributed by atoms with Gasteiger partial charge in [-0.05, 0) is 69.9 Å². The van der Waals surface area contributed by atoms with Gasteiger partial charge in [0.1, 0.15) is 18.2 Å². The molecule has 0 atom stereocenters. The van der Waals surface area contributed by atoms with Crippen molar-refractivity contribution in [2.24, 2.45) is 5.10 Å². The number of ether oxygens (including phenoxy) is 1. The van der Waals surface area contributed by atoms with Crippen molar-refractivity contribution < 1.29 is 18.7 Å². The molecule has 0 fully saturated rings. The molecular weight excluding hydrogens is 513 g/mol. The number of benzene rings is 3. The van der Waals surface area contributed by atoms with Gasteiger partial charge in [-0.25, -0.2) is 9.82 Å². The van der Waals surface area contributed by atoms with Crippen LogP contribution in [0.1, 0.15) is 23.6 Å². The Morgan fingerprint density at radius 1 is 1.12 bits per heavy atom. The number of aryl methyl sites for hydroxylation is 1. The minimum absolute atomic E-state index is 0.0378. The number of halogens is 3. The van der Waals surface area contributed by atoms with Crippen molar-refractivity contribution in [2.75, 3.05) is 5.32 Å². The highest BCUT2D eigenvalue weighted by atomic mass is 79.9. The van der Waals surface area contributed by atoms with Crippen LogP contribution < -0.4 is 15.5 Å². The standard InChI is InChI=1S/C24H20BrClFN3O3/c1-2-16-6-3-4-9-21(16)29-23(31)24(32)30-28-13-15-10-11-22(18(25)12-15)33-14-17-19(26)7-5-8-20(17)27/h3-13H,2,14H2,1H3,(H,29,31)(H,30,32)/b28-13-. The van der Waals surface area contributed by atoms with Crippen molar-refractivity contribution in [1.29, 1.82) is 0 Å². The quantitative estimate of drug-likeness (QED) is 0.241. The summed E-state index contributed by atoms with van der Waals surface area (Å²) < 4.78 is 20.1. The fraction of sp³-hybridized carbons (Fsp3) is 0.125. The fourth-order valence-electron chi connectivity index (χ4n) is 2.88. The van der Waals surface area contributed by atoms with Gasteiger partial charge in [-0.15, -0.1) is 0 Å². The average molecular weight is 533 g/mol. The molecule has 0 aliphatic carbocycles. The van der Waals surface area contributed by atoms with Crippen molar-refractivity contribution >= 4 is 51.2 Å². The van der Waals surface area contributed by atoms with E-state index in [0.29, 0.717) is 21.5 Å². The zero-order valence-corrected chi connectivity index (χ0v) is 19.9. The number of anilines is 1. The Morgan fingerprint density at radius 3 is 2.64 bits per heavy atom. The van der Waals surface area contributed by atoms with Crippen molar-refractivity contribution in [3.63, 3.8) is 0 Å². The van der Waals surface area contributed by atoms with Gasteiger partial charge in [0, 0.05) is 11.3 Å². The molecule has 0 bridgehead atoms. The lowest BCUT2D eigenvalue weighted by Gasteiger charge is -2.10. The van der Waals surface area contributed by atoms with Crippen molar-refractivity contribution in [1.82, 2.24) is 5.43 Å². The van der Waals surface area contributed by atoms with Gasteiger partial charge in [0.15, 0.2) is 0 Å².